The lowest BCUT2D eigenvalue weighted by atomic mass is 10.1. The van der Waals surface area contributed by atoms with Gasteiger partial charge < -0.3 is 4.90 Å². The van der Waals surface area contributed by atoms with E-state index >= 15 is 0 Å². The lowest BCUT2D eigenvalue weighted by Crippen LogP contribution is -2.27. The van der Waals surface area contributed by atoms with E-state index in [-0.39, 0.29) is 11.3 Å². The van der Waals surface area contributed by atoms with E-state index in [1.54, 1.807) is 19.1 Å². The predicted molar refractivity (Wildman–Crippen MR) is 70.3 cm³/mol. The third kappa shape index (κ3) is 2.62. The number of hydrogen-bond donors (Lipinski definition) is 0. The smallest absolute Gasteiger partial charge is 0.261 e. The number of para-hydroxylation sites is 1. The highest BCUT2D eigenvalue weighted by Gasteiger charge is 2.19. The van der Waals surface area contributed by atoms with E-state index in [4.69, 9.17) is 0 Å². The Morgan fingerprint density at radius 2 is 1.74 bits per heavy atom. The molecule has 0 spiro atoms. The van der Waals surface area contributed by atoms with Crippen molar-refractivity contribution in [1.82, 2.24) is 0 Å². The minimum atomic E-state index is -0.604. The van der Waals surface area contributed by atoms with Gasteiger partial charge in [-0.3, -0.25) is 4.79 Å². The maximum absolute atomic E-state index is 13.7. The summed E-state index contributed by atoms with van der Waals surface area (Å²) >= 11 is 0. The van der Waals surface area contributed by atoms with Gasteiger partial charge in [0, 0.05) is 7.05 Å². The van der Waals surface area contributed by atoms with Gasteiger partial charge in [-0.1, -0.05) is 18.2 Å². The minimum Gasteiger partial charge on any atom is -0.309 e. The molecule has 0 aliphatic heterocycles. The maximum atomic E-state index is 13.7. The second kappa shape index (κ2) is 5.18. The summed E-state index contributed by atoms with van der Waals surface area (Å²) in [5.74, 6) is -1.71. The molecular weight excluding hydrogens is 248 g/mol. The first-order chi connectivity index (χ1) is 9.00. The first-order valence-electron chi connectivity index (χ1n) is 5.79. The van der Waals surface area contributed by atoms with Crippen molar-refractivity contribution in [1.29, 1.82) is 0 Å². The van der Waals surface area contributed by atoms with Crippen LogP contribution in [-0.4, -0.2) is 13.0 Å². The Kier molecular flexibility index (Phi) is 3.60. The van der Waals surface area contributed by atoms with Gasteiger partial charge in [0.25, 0.3) is 5.91 Å². The molecule has 4 heteroatoms. The second-order valence-electron chi connectivity index (χ2n) is 4.30. The van der Waals surface area contributed by atoms with Crippen molar-refractivity contribution < 1.29 is 13.6 Å². The third-order valence-electron chi connectivity index (χ3n) is 2.87. The molecule has 0 fully saturated rings. The van der Waals surface area contributed by atoms with Crippen LogP contribution in [0.2, 0.25) is 0 Å². The molecule has 0 atom stereocenters. The largest absolute Gasteiger partial charge is 0.309 e. The summed E-state index contributed by atoms with van der Waals surface area (Å²) in [4.78, 5) is 13.2. The predicted octanol–water partition coefficient (Wildman–Crippen LogP) is 3.55. The molecule has 0 aromatic heterocycles. The second-order valence-corrected chi connectivity index (χ2v) is 4.30. The van der Waals surface area contributed by atoms with Crippen molar-refractivity contribution >= 4 is 11.6 Å². The molecule has 0 aliphatic rings. The van der Waals surface area contributed by atoms with Gasteiger partial charge in [-0.2, -0.15) is 0 Å². The van der Waals surface area contributed by atoms with Gasteiger partial charge in [0.05, 0.1) is 11.3 Å². The molecule has 0 saturated heterocycles. The molecule has 0 heterocycles. The summed E-state index contributed by atoms with van der Waals surface area (Å²) in [7, 11) is 1.42. The molecule has 0 radical (unpaired) electrons. The lowest BCUT2D eigenvalue weighted by Gasteiger charge is -2.18. The Morgan fingerprint density at radius 1 is 1.05 bits per heavy atom. The molecule has 0 unspecified atom stereocenters. The number of amides is 1. The highest BCUT2D eigenvalue weighted by Crippen LogP contribution is 2.20. The van der Waals surface area contributed by atoms with Crippen molar-refractivity contribution in [3.05, 3.63) is 65.2 Å². The van der Waals surface area contributed by atoms with Gasteiger partial charge in [0.1, 0.15) is 11.6 Å². The monoisotopic (exact) mass is 261 g/mol. The quantitative estimate of drug-likeness (QED) is 0.809. The topological polar surface area (TPSA) is 20.3 Å². The number of hydrogen-bond acceptors (Lipinski definition) is 1. The zero-order chi connectivity index (χ0) is 14.0. The molecule has 2 nitrogen and oxygen atoms in total. The summed E-state index contributed by atoms with van der Waals surface area (Å²) in [5, 5.41) is 0. The number of anilines is 1. The summed E-state index contributed by atoms with van der Waals surface area (Å²) in [5.41, 5.74) is 0.770. The average molecular weight is 261 g/mol. The van der Waals surface area contributed by atoms with Crippen LogP contribution in [0, 0.1) is 18.6 Å². The fourth-order valence-corrected chi connectivity index (χ4v) is 1.81. The molecule has 2 rings (SSSR count). The van der Waals surface area contributed by atoms with Crippen LogP contribution in [-0.2, 0) is 0 Å². The SMILES string of the molecule is Cc1ccc(C(=O)N(C)c2ccccc2F)c(F)c1. The Hall–Kier alpha value is -2.23. The first-order valence-corrected chi connectivity index (χ1v) is 5.79. The van der Waals surface area contributed by atoms with Crippen molar-refractivity contribution in [3.8, 4) is 0 Å². The molecule has 19 heavy (non-hydrogen) atoms. The molecule has 1 amide bonds. The van der Waals surface area contributed by atoms with Crippen molar-refractivity contribution in [2.45, 2.75) is 6.92 Å². The number of rotatable bonds is 2. The van der Waals surface area contributed by atoms with E-state index in [1.807, 2.05) is 0 Å². The highest BCUT2D eigenvalue weighted by molar-refractivity contribution is 6.06. The molecule has 0 bridgehead atoms. The molecule has 0 N–H and O–H groups in total. The van der Waals surface area contributed by atoms with Crippen LogP contribution in [0.15, 0.2) is 42.5 Å². The van der Waals surface area contributed by atoms with Crippen LogP contribution in [0.25, 0.3) is 0 Å². The van der Waals surface area contributed by atoms with Gasteiger partial charge in [0.2, 0.25) is 0 Å². The first kappa shape index (κ1) is 13.2. The van der Waals surface area contributed by atoms with Crippen LogP contribution in [0.1, 0.15) is 15.9 Å². The van der Waals surface area contributed by atoms with Crippen LogP contribution in [0.4, 0.5) is 14.5 Å². The van der Waals surface area contributed by atoms with E-state index in [0.29, 0.717) is 0 Å². The summed E-state index contributed by atoms with van der Waals surface area (Å²) in [6.45, 7) is 1.73. The fraction of sp³-hybridized carbons (Fsp3) is 0.133. The molecule has 0 aliphatic carbocycles. The fourth-order valence-electron chi connectivity index (χ4n) is 1.81. The van der Waals surface area contributed by atoms with E-state index in [9.17, 15) is 13.6 Å². The Morgan fingerprint density at radius 3 is 2.37 bits per heavy atom. The molecular formula is C15H13F2NO. The number of halogens is 2. The van der Waals surface area contributed by atoms with Crippen molar-refractivity contribution in [2.75, 3.05) is 11.9 Å². The number of aryl methyl sites for hydroxylation is 1. The maximum Gasteiger partial charge on any atom is 0.261 e. The summed E-state index contributed by atoms with van der Waals surface area (Å²) in [6, 6.07) is 10.2. The van der Waals surface area contributed by atoms with Crippen LogP contribution >= 0.6 is 0 Å². The molecule has 2 aromatic carbocycles. The van der Waals surface area contributed by atoms with E-state index in [1.165, 1.54) is 37.4 Å². The van der Waals surface area contributed by atoms with Crippen molar-refractivity contribution in [2.24, 2.45) is 0 Å². The normalized spacial score (nSPS) is 10.3. The number of carbonyl (C=O) groups excluding carboxylic acids is 1. The van der Waals surface area contributed by atoms with E-state index in [0.717, 1.165) is 10.5 Å². The van der Waals surface area contributed by atoms with Crippen LogP contribution in [0.3, 0.4) is 0 Å². The zero-order valence-electron chi connectivity index (χ0n) is 10.7. The highest BCUT2D eigenvalue weighted by atomic mass is 19.1. The molecule has 98 valence electrons. The lowest BCUT2D eigenvalue weighted by molar-refractivity contribution is 0.0988. The Labute approximate surface area is 110 Å². The van der Waals surface area contributed by atoms with E-state index < -0.39 is 17.5 Å². The Bertz CT molecular complexity index is 625. The minimum absolute atomic E-state index is 0.0728. The number of nitrogens with zero attached hydrogens (tertiary/aromatic N) is 1. The van der Waals surface area contributed by atoms with Gasteiger partial charge in [-0.25, -0.2) is 8.78 Å². The standard InChI is InChI=1S/C15H13F2NO/c1-10-7-8-11(13(17)9-10)15(19)18(2)14-6-4-3-5-12(14)16/h3-9H,1-2H3. The summed E-state index contributed by atoms with van der Waals surface area (Å²) < 4.78 is 27.3. The number of benzene rings is 2. The zero-order valence-corrected chi connectivity index (χ0v) is 10.7. The average Bonchev–Trinajstić information content (AvgIpc) is 2.38. The van der Waals surface area contributed by atoms with Crippen LogP contribution < -0.4 is 4.90 Å². The third-order valence-corrected chi connectivity index (χ3v) is 2.87. The Balaban J connectivity index is 2.37. The summed E-state index contributed by atoms with van der Waals surface area (Å²) in [6.07, 6.45) is 0. The molecule has 2 aromatic rings. The van der Waals surface area contributed by atoms with Gasteiger partial charge in [-0.05, 0) is 36.8 Å². The van der Waals surface area contributed by atoms with Crippen molar-refractivity contribution in [3.63, 3.8) is 0 Å². The van der Waals surface area contributed by atoms with Crippen LogP contribution in [0.5, 0.6) is 0 Å². The van der Waals surface area contributed by atoms with E-state index in [2.05, 4.69) is 0 Å². The molecule has 0 saturated carbocycles. The number of carbonyl (C=O) groups is 1. The van der Waals surface area contributed by atoms with Gasteiger partial charge in [-0.15, -0.1) is 0 Å². The van der Waals surface area contributed by atoms with Gasteiger partial charge >= 0.3 is 0 Å². The van der Waals surface area contributed by atoms with Gasteiger partial charge in [0.15, 0.2) is 0 Å².